The van der Waals surface area contributed by atoms with Crippen LogP contribution in [0.4, 0.5) is 26.3 Å². The second-order valence-electron chi connectivity index (χ2n) is 6.51. The first-order chi connectivity index (χ1) is 13.3. The van der Waals surface area contributed by atoms with Gasteiger partial charge in [0, 0.05) is 12.2 Å². The number of aromatic nitrogens is 1. The van der Waals surface area contributed by atoms with Gasteiger partial charge in [0.2, 0.25) is 5.91 Å². The lowest BCUT2D eigenvalue weighted by atomic mass is 9.86. The number of nitrogens with one attached hydrogen (secondary N) is 1. The second kappa shape index (κ2) is 8.53. The number of alkyl halides is 6. The first-order valence-corrected chi connectivity index (χ1v) is 8.30. The number of hydrogen-bond donors (Lipinski definition) is 3. The molecule has 3 rings (SSSR count). The van der Waals surface area contributed by atoms with Crippen molar-refractivity contribution in [2.75, 3.05) is 0 Å². The minimum absolute atomic E-state index is 0.00868. The molecule has 4 unspecified atom stereocenters. The fourth-order valence-corrected chi connectivity index (χ4v) is 2.97. The van der Waals surface area contributed by atoms with Crippen LogP contribution in [0.5, 0.6) is 0 Å². The highest BCUT2D eigenvalue weighted by molar-refractivity contribution is 5.79. The van der Waals surface area contributed by atoms with Crippen LogP contribution in [0.3, 0.4) is 0 Å². The number of carbonyl (C=O) groups is 2. The van der Waals surface area contributed by atoms with Crippen LogP contribution in [-0.4, -0.2) is 46.4 Å². The van der Waals surface area contributed by atoms with Crippen LogP contribution in [-0.2, 0) is 27.0 Å². The zero-order valence-electron chi connectivity index (χ0n) is 14.6. The summed E-state index contributed by atoms with van der Waals surface area (Å²) in [6, 6.07) is 2.20. The van der Waals surface area contributed by atoms with E-state index < -0.39 is 23.9 Å². The molecule has 0 saturated carbocycles. The van der Waals surface area contributed by atoms with Gasteiger partial charge in [0.25, 0.3) is 0 Å². The van der Waals surface area contributed by atoms with E-state index in [4.69, 9.17) is 20.4 Å². The molecule has 4 atom stereocenters. The highest BCUT2D eigenvalue weighted by atomic mass is 19.4. The van der Waals surface area contributed by atoms with Gasteiger partial charge in [0.1, 0.15) is 0 Å². The van der Waals surface area contributed by atoms with Crippen molar-refractivity contribution < 1.29 is 45.8 Å². The Morgan fingerprint density at radius 3 is 2.17 bits per heavy atom. The van der Waals surface area contributed by atoms with Gasteiger partial charge < -0.3 is 20.9 Å². The van der Waals surface area contributed by atoms with E-state index in [9.17, 15) is 31.1 Å². The summed E-state index contributed by atoms with van der Waals surface area (Å²) in [5.41, 5.74) is 5.41. The third-order valence-corrected chi connectivity index (χ3v) is 4.44. The minimum atomic E-state index is -5.08. The van der Waals surface area contributed by atoms with Gasteiger partial charge in [-0.25, -0.2) is 4.79 Å². The summed E-state index contributed by atoms with van der Waals surface area (Å²) < 4.78 is 74.6. The van der Waals surface area contributed by atoms with Crippen molar-refractivity contribution in [3.8, 4) is 0 Å². The number of pyridine rings is 1. The number of fused-ring (bicyclic) bond motifs is 2. The van der Waals surface area contributed by atoms with E-state index in [0.717, 1.165) is 12.3 Å². The van der Waals surface area contributed by atoms with Gasteiger partial charge in [-0.15, -0.1) is 0 Å². The maximum atomic E-state index is 12.4. The molecule has 0 spiro atoms. The number of nitrogens with two attached hydrogens (primary N) is 1. The van der Waals surface area contributed by atoms with E-state index in [0.29, 0.717) is 18.5 Å². The van der Waals surface area contributed by atoms with Crippen LogP contribution in [0.2, 0.25) is 0 Å². The van der Waals surface area contributed by atoms with Crippen LogP contribution in [0, 0.1) is 5.92 Å². The molecule has 1 amide bonds. The van der Waals surface area contributed by atoms with Gasteiger partial charge in [-0.3, -0.25) is 9.78 Å². The molecule has 3 heterocycles. The van der Waals surface area contributed by atoms with E-state index in [1.54, 1.807) is 0 Å². The summed E-state index contributed by atoms with van der Waals surface area (Å²) in [5.74, 6) is -3.16. The normalized spacial score (nSPS) is 25.9. The molecular weight excluding hydrogens is 412 g/mol. The van der Waals surface area contributed by atoms with E-state index in [-0.39, 0.29) is 36.6 Å². The predicted molar refractivity (Wildman–Crippen MR) is 84.1 cm³/mol. The third-order valence-electron chi connectivity index (χ3n) is 4.44. The van der Waals surface area contributed by atoms with E-state index in [2.05, 4.69) is 10.3 Å². The Morgan fingerprint density at radius 2 is 1.79 bits per heavy atom. The monoisotopic (exact) mass is 429 g/mol. The Balaban J connectivity index is 0.000000370. The van der Waals surface area contributed by atoms with Gasteiger partial charge >= 0.3 is 18.3 Å². The molecule has 29 heavy (non-hydrogen) atoms. The molecule has 4 N–H and O–H groups in total. The van der Waals surface area contributed by atoms with Crippen molar-refractivity contribution in [3.63, 3.8) is 0 Å². The van der Waals surface area contributed by atoms with Crippen LogP contribution < -0.4 is 11.1 Å². The number of hydrogen-bond acceptors (Lipinski definition) is 5. The minimum Gasteiger partial charge on any atom is -0.475 e. The summed E-state index contributed by atoms with van der Waals surface area (Å²) in [7, 11) is 0. The molecule has 0 aliphatic carbocycles. The fourth-order valence-electron chi connectivity index (χ4n) is 2.97. The summed E-state index contributed by atoms with van der Waals surface area (Å²) >= 11 is 0. The lowest BCUT2D eigenvalue weighted by molar-refractivity contribution is -0.192. The molecule has 0 radical (unpaired) electrons. The summed E-state index contributed by atoms with van der Waals surface area (Å²) in [6.45, 7) is 0.0942. The van der Waals surface area contributed by atoms with E-state index in [1.165, 1.54) is 6.07 Å². The van der Waals surface area contributed by atoms with Crippen molar-refractivity contribution >= 4 is 11.9 Å². The predicted octanol–water partition coefficient (Wildman–Crippen LogP) is 1.85. The molecule has 2 aliphatic heterocycles. The molecule has 2 aliphatic rings. The average molecular weight is 429 g/mol. The van der Waals surface area contributed by atoms with Gasteiger partial charge in [-0.1, -0.05) is 0 Å². The average Bonchev–Trinajstić information content (AvgIpc) is 3.18. The van der Waals surface area contributed by atoms with Gasteiger partial charge in [-0.05, 0) is 25.0 Å². The SMILES string of the molecule is NC1CC2OC1CC2C(=O)NCc1ccc(C(F)(F)F)cn1.O=C(O)C(F)(F)F. The van der Waals surface area contributed by atoms with Crippen molar-refractivity contribution in [3.05, 3.63) is 29.6 Å². The fraction of sp³-hybridized carbons (Fsp3) is 0.562. The second-order valence-corrected chi connectivity index (χ2v) is 6.51. The van der Waals surface area contributed by atoms with Crippen LogP contribution in [0.15, 0.2) is 18.3 Å². The number of ether oxygens (including phenoxy) is 1. The summed E-state index contributed by atoms with van der Waals surface area (Å²) in [6.07, 6.45) is -7.68. The standard InChI is InChI=1S/C14H16F3N3O2.C2HF3O2/c15-14(16,17)7-1-2-8(19-5-7)6-20-13(21)9-3-12-10(18)4-11(9)22-12;3-2(4,5)1(6)7/h1-2,5,9-12H,3-4,6,18H2,(H,20,21);(H,6,7). The number of carbonyl (C=O) groups excluding carboxylic acids is 1. The highest BCUT2D eigenvalue weighted by Gasteiger charge is 2.48. The topological polar surface area (TPSA) is 115 Å². The molecule has 0 aromatic carbocycles. The smallest absolute Gasteiger partial charge is 0.475 e. The number of aliphatic carboxylic acids is 1. The van der Waals surface area contributed by atoms with E-state index >= 15 is 0 Å². The molecule has 2 saturated heterocycles. The first kappa shape index (κ1) is 22.9. The third kappa shape index (κ3) is 6.03. The number of amides is 1. The highest BCUT2D eigenvalue weighted by Crippen LogP contribution is 2.38. The van der Waals surface area contributed by atoms with Crippen LogP contribution in [0.1, 0.15) is 24.1 Å². The van der Waals surface area contributed by atoms with Gasteiger partial charge in [0.15, 0.2) is 0 Å². The summed E-state index contributed by atoms with van der Waals surface area (Å²) in [4.78, 5) is 24.7. The Labute approximate surface area is 160 Å². The lowest BCUT2D eigenvalue weighted by Crippen LogP contribution is -2.41. The first-order valence-electron chi connectivity index (χ1n) is 8.30. The molecule has 162 valence electrons. The Bertz CT molecular complexity index is 736. The molecule has 2 bridgehead atoms. The van der Waals surface area contributed by atoms with Crippen molar-refractivity contribution in [1.29, 1.82) is 0 Å². The van der Waals surface area contributed by atoms with Gasteiger partial charge in [-0.2, -0.15) is 26.3 Å². The Kier molecular flexibility index (Phi) is 6.73. The zero-order valence-corrected chi connectivity index (χ0v) is 14.6. The Hall–Kier alpha value is -2.41. The number of nitrogens with zero attached hydrogens (tertiary/aromatic N) is 1. The maximum absolute atomic E-state index is 12.4. The number of carboxylic acids is 1. The van der Waals surface area contributed by atoms with Crippen molar-refractivity contribution in [2.24, 2.45) is 11.7 Å². The molecule has 13 heteroatoms. The molecule has 7 nitrogen and oxygen atoms in total. The van der Waals surface area contributed by atoms with Crippen molar-refractivity contribution in [1.82, 2.24) is 10.3 Å². The molecule has 1 aromatic rings. The molecule has 2 fully saturated rings. The lowest BCUT2D eigenvalue weighted by Gasteiger charge is -2.21. The largest absolute Gasteiger partial charge is 0.490 e. The Morgan fingerprint density at radius 1 is 1.17 bits per heavy atom. The van der Waals surface area contributed by atoms with Crippen LogP contribution in [0.25, 0.3) is 0 Å². The van der Waals surface area contributed by atoms with Gasteiger partial charge in [0.05, 0.1) is 35.9 Å². The number of carboxylic acid groups (broad SMARTS) is 1. The van der Waals surface area contributed by atoms with Crippen molar-refractivity contribution in [2.45, 2.75) is 50.0 Å². The zero-order chi connectivity index (χ0) is 22.0. The number of rotatable bonds is 3. The number of halogens is 6. The molecular formula is C16H17F6N3O4. The molecule has 1 aromatic heterocycles. The quantitative estimate of drug-likeness (QED) is 0.632. The van der Waals surface area contributed by atoms with E-state index in [1.807, 2.05) is 0 Å². The summed E-state index contributed by atoms with van der Waals surface area (Å²) in [5, 5.41) is 9.82. The maximum Gasteiger partial charge on any atom is 0.490 e. The van der Waals surface area contributed by atoms with Crippen LogP contribution >= 0.6 is 0 Å².